The first-order chi connectivity index (χ1) is 8.65. The smallest absolute Gasteiger partial charge is 0.244 e. The molecule has 1 unspecified atom stereocenters. The third-order valence-electron chi connectivity index (χ3n) is 3.42. The van der Waals surface area contributed by atoms with Gasteiger partial charge in [-0.15, -0.1) is 6.58 Å². The highest BCUT2D eigenvalue weighted by Gasteiger charge is 2.26. The highest BCUT2D eigenvalue weighted by molar-refractivity contribution is 5.98. The number of fused-ring (bicyclic) bond motifs is 1. The topological polar surface area (TPSA) is 46.3 Å². The minimum atomic E-state index is -0.479. The summed E-state index contributed by atoms with van der Waals surface area (Å²) in [4.78, 5) is 14.2. The molecule has 0 bridgehead atoms. The molecule has 18 heavy (non-hydrogen) atoms. The zero-order valence-electron chi connectivity index (χ0n) is 10.9. The molecule has 1 atom stereocenters. The van der Waals surface area contributed by atoms with E-state index in [-0.39, 0.29) is 5.91 Å². The Labute approximate surface area is 108 Å². The Hall–Kier alpha value is -1.61. The summed E-state index contributed by atoms with van der Waals surface area (Å²) in [5.41, 5.74) is 9.36. The number of aryl methyl sites for hydroxylation is 2. The number of hydrogen-bond acceptors (Lipinski definition) is 2. The van der Waals surface area contributed by atoms with E-state index >= 15 is 0 Å². The quantitative estimate of drug-likeness (QED) is 0.828. The molecule has 0 aliphatic carbocycles. The molecule has 2 rings (SSSR count). The van der Waals surface area contributed by atoms with Crippen molar-refractivity contribution in [2.24, 2.45) is 5.73 Å². The van der Waals surface area contributed by atoms with Crippen molar-refractivity contribution in [3.63, 3.8) is 0 Å². The van der Waals surface area contributed by atoms with E-state index in [2.05, 4.69) is 12.6 Å². The normalized spacial score (nSPS) is 16.0. The average Bonchev–Trinajstić information content (AvgIpc) is 2.38. The molecule has 0 aromatic heterocycles. The maximum atomic E-state index is 12.4. The molecule has 1 aliphatic heterocycles. The summed E-state index contributed by atoms with van der Waals surface area (Å²) in [5.74, 6) is 0.00477. The maximum absolute atomic E-state index is 12.4. The molecule has 96 valence electrons. The number of rotatable bonds is 3. The van der Waals surface area contributed by atoms with Gasteiger partial charge in [0.1, 0.15) is 0 Å². The summed E-state index contributed by atoms with van der Waals surface area (Å²) in [7, 11) is 0. The predicted octanol–water partition coefficient (Wildman–Crippen LogP) is 2.18. The van der Waals surface area contributed by atoms with Crippen LogP contribution >= 0.6 is 0 Å². The minimum Gasteiger partial charge on any atom is -0.320 e. The summed E-state index contributed by atoms with van der Waals surface area (Å²) in [5, 5.41) is 0. The van der Waals surface area contributed by atoms with Crippen molar-refractivity contribution in [3.8, 4) is 0 Å². The molecular formula is C15H20N2O. The molecule has 1 amide bonds. The Morgan fingerprint density at radius 3 is 3.11 bits per heavy atom. The molecule has 1 aromatic carbocycles. The van der Waals surface area contributed by atoms with Crippen LogP contribution in [0.4, 0.5) is 5.69 Å². The number of nitrogens with zero attached hydrogens (tertiary/aromatic N) is 1. The van der Waals surface area contributed by atoms with E-state index in [1.165, 1.54) is 5.56 Å². The third kappa shape index (κ3) is 2.31. The second-order valence-electron chi connectivity index (χ2n) is 4.81. The van der Waals surface area contributed by atoms with Crippen LogP contribution in [0.5, 0.6) is 0 Å². The van der Waals surface area contributed by atoms with Crippen LogP contribution in [0.25, 0.3) is 0 Å². The fourth-order valence-corrected chi connectivity index (χ4v) is 2.55. The van der Waals surface area contributed by atoms with Crippen molar-refractivity contribution in [2.75, 3.05) is 11.4 Å². The first kappa shape index (κ1) is 12.8. The fraction of sp³-hybridized carbons (Fsp3) is 0.400. The molecule has 0 fully saturated rings. The molecule has 2 N–H and O–H groups in total. The molecular weight excluding hydrogens is 224 g/mol. The first-order valence-corrected chi connectivity index (χ1v) is 6.41. The van der Waals surface area contributed by atoms with Gasteiger partial charge in [0, 0.05) is 12.2 Å². The average molecular weight is 244 g/mol. The lowest BCUT2D eigenvalue weighted by Gasteiger charge is -2.32. The Morgan fingerprint density at radius 1 is 1.61 bits per heavy atom. The van der Waals surface area contributed by atoms with Crippen LogP contribution in [-0.2, 0) is 11.2 Å². The second-order valence-corrected chi connectivity index (χ2v) is 4.81. The second kappa shape index (κ2) is 5.36. The zero-order chi connectivity index (χ0) is 13.1. The molecule has 3 nitrogen and oxygen atoms in total. The largest absolute Gasteiger partial charge is 0.320 e. The zero-order valence-corrected chi connectivity index (χ0v) is 10.9. The molecule has 0 radical (unpaired) electrons. The van der Waals surface area contributed by atoms with Crippen LogP contribution in [0, 0.1) is 6.92 Å². The summed E-state index contributed by atoms with van der Waals surface area (Å²) < 4.78 is 0. The van der Waals surface area contributed by atoms with Crippen LogP contribution in [0.3, 0.4) is 0 Å². The van der Waals surface area contributed by atoms with Crippen molar-refractivity contribution in [3.05, 3.63) is 42.0 Å². The van der Waals surface area contributed by atoms with Crippen LogP contribution in [0.15, 0.2) is 30.9 Å². The van der Waals surface area contributed by atoms with Gasteiger partial charge >= 0.3 is 0 Å². The van der Waals surface area contributed by atoms with E-state index < -0.39 is 6.04 Å². The van der Waals surface area contributed by atoms with Gasteiger partial charge in [0.15, 0.2) is 0 Å². The number of anilines is 1. The van der Waals surface area contributed by atoms with Gasteiger partial charge in [0.2, 0.25) is 5.91 Å². The number of carbonyl (C=O) groups is 1. The summed E-state index contributed by atoms with van der Waals surface area (Å²) >= 11 is 0. The number of benzene rings is 1. The van der Waals surface area contributed by atoms with Gasteiger partial charge in [-0.05, 0) is 37.3 Å². The molecule has 1 aliphatic rings. The van der Waals surface area contributed by atoms with Gasteiger partial charge in [0.25, 0.3) is 0 Å². The molecule has 0 saturated carbocycles. The van der Waals surface area contributed by atoms with E-state index in [4.69, 9.17) is 5.73 Å². The minimum absolute atomic E-state index is 0.00477. The monoisotopic (exact) mass is 244 g/mol. The standard InChI is InChI=1S/C15H20N2O/c1-3-6-13(16)15(18)17-10-5-9-12-8-4-7-11(2)14(12)17/h3-4,7-8,13H,1,5-6,9-10,16H2,2H3. The Morgan fingerprint density at radius 2 is 2.39 bits per heavy atom. The Kier molecular flexibility index (Phi) is 3.82. The van der Waals surface area contributed by atoms with Gasteiger partial charge < -0.3 is 10.6 Å². The Bertz CT molecular complexity index is 468. The van der Waals surface area contributed by atoms with Crippen LogP contribution in [0.2, 0.25) is 0 Å². The summed E-state index contributed by atoms with van der Waals surface area (Å²) in [6.07, 6.45) is 4.27. The van der Waals surface area contributed by atoms with Crippen LogP contribution in [-0.4, -0.2) is 18.5 Å². The number of amides is 1. The van der Waals surface area contributed by atoms with Gasteiger partial charge in [-0.2, -0.15) is 0 Å². The molecule has 1 heterocycles. The van der Waals surface area contributed by atoms with Crippen molar-refractivity contribution in [2.45, 2.75) is 32.2 Å². The highest BCUT2D eigenvalue weighted by atomic mass is 16.2. The Balaban J connectivity index is 2.32. The molecule has 0 saturated heterocycles. The molecule has 3 heteroatoms. The van der Waals surface area contributed by atoms with Crippen molar-refractivity contribution < 1.29 is 4.79 Å². The fourth-order valence-electron chi connectivity index (χ4n) is 2.55. The van der Waals surface area contributed by atoms with Gasteiger partial charge in [0.05, 0.1) is 6.04 Å². The lowest BCUT2D eigenvalue weighted by molar-refractivity contribution is -0.119. The van der Waals surface area contributed by atoms with E-state index in [0.717, 1.165) is 30.6 Å². The van der Waals surface area contributed by atoms with Gasteiger partial charge in [-0.25, -0.2) is 0 Å². The van der Waals surface area contributed by atoms with Gasteiger partial charge in [-0.3, -0.25) is 4.79 Å². The van der Waals surface area contributed by atoms with E-state index in [9.17, 15) is 4.79 Å². The highest BCUT2D eigenvalue weighted by Crippen LogP contribution is 2.30. The van der Waals surface area contributed by atoms with E-state index in [0.29, 0.717) is 6.42 Å². The lowest BCUT2D eigenvalue weighted by atomic mass is 9.97. The molecule has 1 aromatic rings. The van der Waals surface area contributed by atoms with Crippen molar-refractivity contribution in [1.82, 2.24) is 0 Å². The number of carbonyl (C=O) groups excluding carboxylic acids is 1. The SMILES string of the molecule is C=CCC(N)C(=O)N1CCCc2cccc(C)c21. The van der Waals surface area contributed by atoms with Gasteiger partial charge in [-0.1, -0.05) is 24.3 Å². The number of hydrogen-bond donors (Lipinski definition) is 1. The number of para-hydroxylation sites is 1. The third-order valence-corrected chi connectivity index (χ3v) is 3.42. The summed E-state index contributed by atoms with van der Waals surface area (Å²) in [6.45, 7) is 6.45. The van der Waals surface area contributed by atoms with E-state index in [1.54, 1.807) is 6.08 Å². The summed E-state index contributed by atoms with van der Waals surface area (Å²) in [6, 6.07) is 5.71. The van der Waals surface area contributed by atoms with Crippen LogP contribution < -0.4 is 10.6 Å². The molecule has 0 spiro atoms. The van der Waals surface area contributed by atoms with Crippen molar-refractivity contribution >= 4 is 11.6 Å². The van der Waals surface area contributed by atoms with Crippen molar-refractivity contribution in [1.29, 1.82) is 0 Å². The van der Waals surface area contributed by atoms with Crippen LogP contribution in [0.1, 0.15) is 24.0 Å². The van der Waals surface area contributed by atoms with E-state index in [1.807, 2.05) is 24.0 Å². The number of nitrogens with two attached hydrogens (primary N) is 1. The predicted molar refractivity (Wildman–Crippen MR) is 74.6 cm³/mol. The lowest BCUT2D eigenvalue weighted by Crippen LogP contribution is -2.46. The maximum Gasteiger partial charge on any atom is 0.244 e. The first-order valence-electron chi connectivity index (χ1n) is 6.41.